The molecule has 0 radical (unpaired) electrons. The molecule has 0 N–H and O–H groups in total. The van der Waals surface area contributed by atoms with Crippen molar-refractivity contribution in [2.75, 3.05) is 60.7 Å². The fourth-order valence-corrected chi connectivity index (χ4v) is 5.04. The molecule has 4 rings (SSSR count). The molecule has 3 aromatic carbocycles. The number of carbonyl (C=O) groups is 1. The number of rotatable bonds is 14. The van der Waals surface area contributed by atoms with Gasteiger partial charge < -0.3 is 28.6 Å². The van der Waals surface area contributed by atoms with Crippen LogP contribution in [0.3, 0.4) is 0 Å². The lowest BCUT2D eigenvalue weighted by Crippen LogP contribution is -2.48. The summed E-state index contributed by atoms with van der Waals surface area (Å²) in [4.78, 5) is 17.8. The number of ether oxygens (including phenoxy) is 5. The minimum absolute atomic E-state index is 0.0519. The first-order valence-corrected chi connectivity index (χ1v) is 14.6. The van der Waals surface area contributed by atoms with Gasteiger partial charge in [-0.15, -0.1) is 0 Å². The van der Waals surface area contributed by atoms with Gasteiger partial charge >= 0.3 is 0 Å². The Labute approximate surface area is 244 Å². The highest BCUT2D eigenvalue weighted by Gasteiger charge is 2.23. The van der Waals surface area contributed by atoms with Crippen molar-refractivity contribution in [2.24, 2.45) is 0 Å². The van der Waals surface area contributed by atoms with Crippen LogP contribution in [0.4, 0.5) is 0 Å². The molecule has 0 saturated carbocycles. The standard InChI is InChI=1S/C33H44N2O6/c1-6-8-16-40-28-21-25-10-11-26(20-27(25)22-29(28)41-17-9-7-2)33(36)35-14-12-34(13-15-35)23-24-18-30(37-3)32(39-5)31(19-24)38-4/h10-11,18-22H,6-9,12-17,23H2,1-5H3. The van der Waals surface area contributed by atoms with Crippen molar-refractivity contribution in [3.05, 3.63) is 53.6 Å². The van der Waals surface area contributed by atoms with Crippen LogP contribution in [-0.2, 0) is 6.54 Å². The SMILES string of the molecule is CCCCOc1cc2ccc(C(=O)N3CCN(Cc4cc(OC)c(OC)c(OC)c4)CC3)cc2cc1OCCCC. The third-order valence-electron chi connectivity index (χ3n) is 7.45. The largest absolute Gasteiger partial charge is 0.493 e. The van der Waals surface area contributed by atoms with E-state index < -0.39 is 0 Å². The van der Waals surface area contributed by atoms with E-state index in [-0.39, 0.29) is 5.91 Å². The van der Waals surface area contributed by atoms with Crippen molar-refractivity contribution in [3.63, 3.8) is 0 Å². The van der Waals surface area contributed by atoms with Crippen LogP contribution in [-0.4, -0.2) is 76.4 Å². The molecule has 8 nitrogen and oxygen atoms in total. The summed E-state index contributed by atoms with van der Waals surface area (Å²) in [6, 6.07) is 13.9. The van der Waals surface area contributed by atoms with Crippen molar-refractivity contribution in [2.45, 2.75) is 46.1 Å². The maximum atomic E-state index is 13.5. The predicted octanol–water partition coefficient (Wildman–Crippen LogP) is 6.18. The molecule has 0 unspecified atom stereocenters. The fourth-order valence-electron chi connectivity index (χ4n) is 5.04. The molecule has 1 aliphatic heterocycles. The zero-order valence-electron chi connectivity index (χ0n) is 25.2. The zero-order chi connectivity index (χ0) is 29.2. The molecule has 1 amide bonds. The Balaban J connectivity index is 1.43. The van der Waals surface area contributed by atoms with E-state index in [4.69, 9.17) is 23.7 Å². The molecule has 1 aliphatic rings. The minimum atomic E-state index is 0.0519. The summed E-state index contributed by atoms with van der Waals surface area (Å²) in [5.74, 6) is 3.44. The molecule has 0 atom stereocenters. The van der Waals surface area contributed by atoms with Crippen LogP contribution in [0.2, 0.25) is 0 Å². The van der Waals surface area contributed by atoms with Gasteiger partial charge in [0.25, 0.3) is 5.91 Å². The summed E-state index contributed by atoms with van der Waals surface area (Å²) in [7, 11) is 4.85. The Morgan fingerprint density at radius 2 is 1.29 bits per heavy atom. The van der Waals surface area contributed by atoms with E-state index in [0.717, 1.165) is 73.2 Å². The third-order valence-corrected chi connectivity index (χ3v) is 7.45. The van der Waals surface area contributed by atoms with Crippen molar-refractivity contribution < 1.29 is 28.5 Å². The average Bonchev–Trinajstić information content (AvgIpc) is 3.00. The molecule has 1 heterocycles. The van der Waals surface area contributed by atoms with Crippen molar-refractivity contribution in [3.8, 4) is 28.7 Å². The quantitative estimate of drug-likeness (QED) is 0.217. The summed E-state index contributed by atoms with van der Waals surface area (Å²) in [5, 5.41) is 2.01. The number of methoxy groups -OCH3 is 3. The van der Waals surface area contributed by atoms with Gasteiger partial charge in [0, 0.05) is 38.3 Å². The Kier molecular flexibility index (Phi) is 11.0. The molecule has 1 saturated heterocycles. The number of nitrogens with zero attached hydrogens (tertiary/aromatic N) is 2. The van der Waals surface area contributed by atoms with E-state index in [1.165, 1.54) is 0 Å². The molecule has 222 valence electrons. The van der Waals surface area contributed by atoms with E-state index in [2.05, 4.69) is 18.7 Å². The summed E-state index contributed by atoms with van der Waals surface area (Å²) >= 11 is 0. The van der Waals surface area contributed by atoms with Crippen LogP contribution in [0.5, 0.6) is 28.7 Å². The van der Waals surface area contributed by atoms with Crippen LogP contribution in [0.15, 0.2) is 42.5 Å². The summed E-state index contributed by atoms with van der Waals surface area (Å²) < 4.78 is 28.6. The van der Waals surface area contributed by atoms with Crippen LogP contribution in [0.25, 0.3) is 10.8 Å². The summed E-state index contributed by atoms with van der Waals surface area (Å²) in [6.45, 7) is 9.23. The van der Waals surface area contributed by atoms with Gasteiger partial charge in [0.05, 0.1) is 34.5 Å². The number of unbranched alkanes of at least 4 members (excludes halogenated alkanes) is 2. The van der Waals surface area contributed by atoms with Gasteiger partial charge in [-0.1, -0.05) is 32.8 Å². The second-order valence-corrected chi connectivity index (χ2v) is 10.4. The van der Waals surface area contributed by atoms with Crippen molar-refractivity contribution in [1.29, 1.82) is 0 Å². The van der Waals surface area contributed by atoms with Gasteiger partial charge in [-0.05, 0) is 65.6 Å². The van der Waals surface area contributed by atoms with Gasteiger partial charge in [0.15, 0.2) is 23.0 Å². The maximum absolute atomic E-state index is 13.5. The number of benzene rings is 3. The number of amides is 1. The van der Waals surface area contributed by atoms with Gasteiger partial charge in [0.1, 0.15) is 0 Å². The molecule has 0 aromatic heterocycles. The first-order valence-electron chi connectivity index (χ1n) is 14.6. The smallest absolute Gasteiger partial charge is 0.253 e. The lowest BCUT2D eigenvalue weighted by molar-refractivity contribution is 0.0628. The highest BCUT2D eigenvalue weighted by Crippen LogP contribution is 2.38. The number of hydrogen-bond donors (Lipinski definition) is 0. The van der Waals surface area contributed by atoms with E-state index in [9.17, 15) is 4.79 Å². The van der Waals surface area contributed by atoms with Gasteiger partial charge in [-0.2, -0.15) is 0 Å². The second kappa shape index (κ2) is 14.8. The minimum Gasteiger partial charge on any atom is -0.493 e. The number of hydrogen-bond acceptors (Lipinski definition) is 7. The van der Waals surface area contributed by atoms with Crippen LogP contribution < -0.4 is 23.7 Å². The van der Waals surface area contributed by atoms with Crippen molar-refractivity contribution >= 4 is 16.7 Å². The van der Waals surface area contributed by atoms with E-state index in [1.54, 1.807) is 21.3 Å². The molecular weight excluding hydrogens is 520 g/mol. The third kappa shape index (κ3) is 7.55. The highest BCUT2D eigenvalue weighted by atomic mass is 16.5. The molecule has 41 heavy (non-hydrogen) atoms. The first-order chi connectivity index (χ1) is 20.0. The molecule has 0 spiro atoms. The van der Waals surface area contributed by atoms with Crippen LogP contribution >= 0.6 is 0 Å². The lowest BCUT2D eigenvalue weighted by atomic mass is 10.0. The van der Waals surface area contributed by atoms with Crippen LogP contribution in [0, 0.1) is 0 Å². The molecule has 0 bridgehead atoms. The van der Waals surface area contributed by atoms with Gasteiger partial charge in [0.2, 0.25) is 5.75 Å². The maximum Gasteiger partial charge on any atom is 0.253 e. The monoisotopic (exact) mass is 564 g/mol. The zero-order valence-corrected chi connectivity index (χ0v) is 25.2. The molecule has 8 heteroatoms. The molecule has 1 fully saturated rings. The van der Waals surface area contributed by atoms with E-state index in [1.807, 2.05) is 47.4 Å². The Bertz CT molecular complexity index is 1280. The average molecular weight is 565 g/mol. The molecule has 3 aromatic rings. The highest BCUT2D eigenvalue weighted by molar-refractivity contribution is 5.99. The topological polar surface area (TPSA) is 69.7 Å². The number of piperazine rings is 1. The number of carbonyl (C=O) groups excluding carboxylic acids is 1. The Morgan fingerprint density at radius 1 is 0.707 bits per heavy atom. The van der Waals surface area contributed by atoms with Gasteiger partial charge in [-0.25, -0.2) is 0 Å². The summed E-state index contributed by atoms with van der Waals surface area (Å²) in [5.41, 5.74) is 1.76. The van der Waals surface area contributed by atoms with E-state index >= 15 is 0 Å². The fraction of sp³-hybridized carbons (Fsp3) is 0.485. The first kappa shape index (κ1) is 30.3. The van der Waals surface area contributed by atoms with Gasteiger partial charge in [-0.3, -0.25) is 9.69 Å². The second-order valence-electron chi connectivity index (χ2n) is 10.4. The Hall–Kier alpha value is -3.65. The van der Waals surface area contributed by atoms with Crippen LogP contribution in [0.1, 0.15) is 55.5 Å². The molecule has 0 aliphatic carbocycles. The lowest BCUT2D eigenvalue weighted by Gasteiger charge is -2.35. The summed E-state index contributed by atoms with van der Waals surface area (Å²) in [6.07, 6.45) is 4.12. The van der Waals surface area contributed by atoms with E-state index in [0.29, 0.717) is 49.1 Å². The Morgan fingerprint density at radius 3 is 1.83 bits per heavy atom. The molecular formula is C33H44N2O6. The normalized spacial score (nSPS) is 13.7. The predicted molar refractivity (Wildman–Crippen MR) is 162 cm³/mol. The number of fused-ring (bicyclic) bond motifs is 1. The van der Waals surface area contributed by atoms with Crippen molar-refractivity contribution in [1.82, 2.24) is 9.80 Å².